The van der Waals surface area contributed by atoms with Gasteiger partial charge in [-0.2, -0.15) is 0 Å². The topological polar surface area (TPSA) is 100 Å². The van der Waals surface area contributed by atoms with Crippen LogP contribution in [0.3, 0.4) is 0 Å². The second kappa shape index (κ2) is 7.68. The smallest absolute Gasteiger partial charge is 0.238 e. The minimum atomic E-state index is -0.763. The average molecular weight is 382 g/mol. The van der Waals surface area contributed by atoms with Crippen molar-refractivity contribution in [2.45, 2.75) is 27.2 Å². The summed E-state index contributed by atoms with van der Waals surface area (Å²) >= 11 is 0. The van der Waals surface area contributed by atoms with Gasteiger partial charge in [0.25, 0.3) is 0 Å². The zero-order valence-corrected chi connectivity index (χ0v) is 15.9. The van der Waals surface area contributed by atoms with E-state index in [0.29, 0.717) is 29.9 Å². The van der Waals surface area contributed by atoms with E-state index in [1.807, 2.05) is 26.8 Å². The first kappa shape index (κ1) is 19.4. The standard InChI is InChI=1S/C22H22O6/c1-4-27-14-8-6-13(7-9-14)21-20(26)19(25)18-17(24)11-16(23)15(22(18)28-21)10-5-12(2)3/h5-9,11,23-24,26H,4,10H2,1-3H3. The Morgan fingerprint density at radius 2 is 1.79 bits per heavy atom. The molecule has 146 valence electrons. The van der Waals surface area contributed by atoms with Crippen LogP contribution in [-0.4, -0.2) is 21.9 Å². The van der Waals surface area contributed by atoms with Crippen LogP contribution in [0.1, 0.15) is 26.3 Å². The molecule has 6 nitrogen and oxygen atoms in total. The molecule has 0 aliphatic carbocycles. The molecular weight excluding hydrogens is 360 g/mol. The summed E-state index contributed by atoms with van der Waals surface area (Å²) in [6.45, 7) is 6.21. The number of phenols is 2. The number of benzene rings is 2. The van der Waals surface area contributed by atoms with Crippen LogP contribution < -0.4 is 10.2 Å². The monoisotopic (exact) mass is 382 g/mol. The van der Waals surface area contributed by atoms with Gasteiger partial charge in [-0.25, -0.2) is 0 Å². The maximum absolute atomic E-state index is 12.7. The molecule has 0 saturated heterocycles. The molecule has 0 radical (unpaired) electrons. The van der Waals surface area contributed by atoms with Crippen molar-refractivity contribution in [3.05, 3.63) is 57.8 Å². The molecule has 1 aromatic heterocycles. The molecule has 0 fully saturated rings. The van der Waals surface area contributed by atoms with Crippen LogP contribution in [0.4, 0.5) is 0 Å². The fourth-order valence-corrected chi connectivity index (χ4v) is 2.94. The molecule has 2 aromatic carbocycles. The molecular formula is C22H22O6. The van der Waals surface area contributed by atoms with Crippen LogP contribution in [0.2, 0.25) is 0 Å². The van der Waals surface area contributed by atoms with Gasteiger partial charge in [0.2, 0.25) is 11.2 Å². The second-order valence-electron chi connectivity index (χ2n) is 6.65. The summed E-state index contributed by atoms with van der Waals surface area (Å²) in [6.07, 6.45) is 2.18. The number of aromatic hydroxyl groups is 3. The maximum atomic E-state index is 12.7. The molecule has 0 atom stereocenters. The lowest BCUT2D eigenvalue weighted by molar-refractivity contribution is 0.340. The summed E-state index contributed by atoms with van der Waals surface area (Å²) < 4.78 is 11.2. The number of phenolic OH excluding ortho intramolecular Hbond substituents is 2. The van der Waals surface area contributed by atoms with Crippen molar-refractivity contribution >= 4 is 11.0 Å². The van der Waals surface area contributed by atoms with E-state index in [-0.39, 0.29) is 22.5 Å². The molecule has 3 rings (SSSR count). The Morgan fingerprint density at radius 1 is 1.11 bits per heavy atom. The molecule has 3 N–H and O–H groups in total. The highest BCUT2D eigenvalue weighted by molar-refractivity contribution is 5.91. The summed E-state index contributed by atoms with van der Waals surface area (Å²) in [6, 6.07) is 7.81. The number of rotatable bonds is 5. The first-order valence-corrected chi connectivity index (χ1v) is 8.93. The number of hydrogen-bond donors (Lipinski definition) is 3. The normalized spacial score (nSPS) is 10.8. The Bertz CT molecular complexity index is 1100. The first-order chi connectivity index (χ1) is 13.3. The molecule has 0 saturated carbocycles. The highest BCUT2D eigenvalue weighted by atomic mass is 16.5. The van der Waals surface area contributed by atoms with E-state index in [1.54, 1.807) is 24.3 Å². The van der Waals surface area contributed by atoms with E-state index in [1.165, 1.54) is 0 Å². The summed E-state index contributed by atoms with van der Waals surface area (Å²) in [7, 11) is 0. The van der Waals surface area contributed by atoms with Gasteiger partial charge in [-0.3, -0.25) is 4.79 Å². The third-order valence-corrected chi connectivity index (χ3v) is 4.34. The molecule has 0 bridgehead atoms. The number of ether oxygens (including phenoxy) is 1. The van der Waals surface area contributed by atoms with E-state index in [2.05, 4.69) is 0 Å². The molecule has 0 spiro atoms. The largest absolute Gasteiger partial charge is 0.507 e. The zero-order valence-electron chi connectivity index (χ0n) is 15.9. The number of hydrogen-bond acceptors (Lipinski definition) is 6. The van der Waals surface area contributed by atoms with E-state index in [0.717, 1.165) is 11.6 Å². The quantitative estimate of drug-likeness (QED) is 0.563. The van der Waals surface area contributed by atoms with E-state index in [4.69, 9.17) is 9.15 Å². The fourth-order valence-electron chi connectivity index (χ4n) is 2.94. The van der Waals surface area contributed by atoms with Crippen molar-refractivity contribution in [2.75, 3.05) is 6.61 Å². The van der Waals surface area contributed by atoms with Gasteiger partial charge < -0.3 is 24.5 Å². The Morgan fingerprint density at radius 3 is 2.39 bits per heavy atom. The molecule has 0 amide bonds. The van der Waals surface area contributed by atoms with Gasteiger partial charge in [0.1, 0.15) is 28.2 Å². The lowest BCUT2D eigenvalue weighted by Crippen LogP contribution is -2.05. The molecule has 0 aliphatic rings. The molecule has 28 heavy (non-hydrogen) atoms. The van der Waals surface area contributed by atoms with Crippen LogP contribution >= 0.6 is 0 Å². The summed E-state index contributed by atoms with van der Waals surface area (Å²) in [5.41, 5.74) is 1.13. The van der Waals surface area contributed by atoms with Crippen LogP contribution in [0, 0.1) is 0 Å². The summed E-state index contributed by atoms with van der Waals surface area (Å²) in [5.74, 6) is -0.632. The van der Waals surface area contributed by atoms with Gasteiger partial charge in [-0.05, 0) is 51.5 Å². The molecule has 1 heterocycles. The van der Waals surface area contributed by atoms with Crippen molar-refractivity contribution in [3.8, 4) is 34.3 Å². The molecule has 0 unspecified atom stereocenters. The van der Waals surface area contributed by atoms with Gasteiger partial charge in [0.15, 0.2) is 5.76 Å². The second-order valence-corrected chi connectivity index (χ2v) is 6.65. The minimum Gasteiger partial charge on any atom is -0.507 e. The van der Waals surface area contributed by atoms with Crippen LogP contribution in [0.15, 0.2) is 51.2 Å². The first-order valence-electron chi connectivity index (χ1n) is 8.93. The predicted octanol–water partition coefficient (Wildman–Crippen LogP) is 4.48. The minimum absolute atomic E-state index is 0.0380. The third kappa shape index (κ3) is 3.53. The Balaban J connectivity index is 2.27. The number of allylic oxidation sites excluding steroid dienone is 2. The molecule has 6 heteroatoms. The molecule has 3 aromatic rings. The highest BCUT2D eigenvalue weighted by Crippen LogP contribution is 2.38. The Hall–Kier alpha value is -3.41. The van der Waals surface area contributed by atoms with Crippen LogP contribution in [0.25, 0.3) is 22.3 Å². The predicted molar refractivity (Wildman–Crippen MR) is 107 cm³/mol. The van der Waals surface area contributed by atoms with E-state index < -0.39 is 16.9 Å². The SMILES string of the molecule is CCOc1ccc(-c2oc3c(CC=C(C)C)c(O)cc(O)c3c(=O)c2O)cc1. The van der Waals surface area contributed by atoms with Crippen molar-refractivity contribution < 1.29 is 24.5 Å². The van der Waals surface area contributed by atoms with Gasteiger partial charge in [-0.1, -0.05) is 11.6 Å². The van der Waals surface area contributed by atoms with Crippen molar-refractivity contribution in [2.24, 2.45) is 0 Å². The zero-order chi connectivity index (χ0) is 20.4. The Labute approximate surface area is 161 Å². The maximum Gasteiger partial charge on any atom is 0.238 e. The molecule has 0 aliphatic heterocycles. The van der Waals surface area contributed by atoms with Gasteiger partial charge in [-0.15, -0.1) is 0 Å². The summed E-state index contributed by atoms with van der Waals surface area (Å²) in [5, 5.41) is 30.7. The van der Waals surface area contributed by atoms with Crippen molar-refractivity contribution in [1.82, 2.24) is 0 Å². The van der Waals surface area contributed by atoms with Gasteiger partial charge in [0, 0.05) is 17.2 Å². The third-order valence-electron chi connectivity index (χ3n) is 4.34. The highest BCUT2D eigenvalue weighted by Gasteiger charge is 2.22. The van der Waals surface area contributed by atoms with Crippen LogP contribution in [-0.2, 0) is 6.42 Å². The lowest BCUT2D eigenvalue weighted by Gasteiger charge is -2.12. The van der Waals surface area contributed by atoms with Gasteiger partial charge >= 0.3 is 0 Å². The van der Waals surface area contributed by atoms with Gasteiger partial charge in [0.05, 0.1) is 6.61 Å². The fraction of sp³-hybridized carbons (Fsp3) is 0.227. The average Bonchev–Trinajstić information content (AvgIpc) is 2.64. The van der Waals surface area contributed by atoms with Crippen molar-refractivity contribution in [1.29, 1.82) is 0 Å². The van der Waals surface area contributed by atoms with Crippen LogP contribution in [0.5, 0.6) is 23.0 Å². The summed E-state index contributed by atoms with van der Waals surface area (Å²) in [4.78, 5) is 12.7. The number of fused-ring (bicyclic) bond motifs is 1. The van der Waals surface area contributed by atoms with E-state index in [9.17, 15) is 20.1 Å². The van der Waals surface area contributed by atoms with E-state index >= 15 is 0 Å². The lowest BCUT2D eigenvalue weighted by atomic mass is 10.0. The Kier molecular flexibility index (Phi) is 5.31. The van der Waals surface area contributed by atoms with Crippen molar-refractivity contribution in [3.63, 3.8) is 0 Å².